The van der Waals surface area contributed by atoms with E-state index in [1.807, 2.05) is 78.9 Å². The average Bonchev–Trinajstić information content (AvgIpc) is 3.40. The monoisotopic (exact) mass is 482 g/mol. The molecule has 1 aromatic heterocycles. The van der Waals surface area contributed by atoms with Gasteiger partial charge in [-0.1, -0.05) is 66.7 Å². The highest BCUT2D eigenvalue weighted by Crippen LogP contribution is 2.41. The van der Waals surface area contributed by atoms with Crippen molar-refractivity contribution in [3.8, 4) is 11.5 Å². The molecule has 8 heteroatoms. The van der Waals surface area contributed by atoms with Gasteiger partial charge in [0.05, 0.1) is 25.0 Å². The Labute approximate surface area is 209 Å². The lowest BCUT2D eigenvalue weighted by Crippen LogP contribution is -2.30. The quantitative estimate of drug-likeness (QED) is 0.359. The number of fused-ring (bicyclic) bond motifs is 1. The van der Waals surface area contributed by atoms with Crippen LogP contribution in [0.1, 0.15) is 29.7 Å². The molecule has 0 unspecified atom stereocenters. The zero-order valence-electron chi connectivity index (χ0n) is 20.0. The molecule has 1 aliphatic heterocycles. The van der Waals surface area contributed by atoms with Crippen molar-refractivity contribution in [1.29, 1.82) is 0 Å². The van der Waals surface area contributed by atoms with Gasteiger partial charge in [-0.15, -0.1) is 0 Å². The number of hydrogen-bond donors (Lipinski definition) is 1. The summed E-state index contributed by atoms with van der Waals surface area (Å²) in [5, 5.41) is 7.69. The maximum absolute atomic E-state index is 13.3. The van der Waals surface area contributed by atoms with Gasteiger partial charge >= 0.3 is 5.97 Å². The van der Waals surface area contributed by atoms with E-state index in [0.717, 1.165) is 16.7 Å². The minimum atomic E-state index is -0.588. The normalized spacial score (nSPS) is 14.6. The number of esters is 1. The number of nitrogens with zero attached hydrogens (tertiary/aromatic N) is 3. The van der Waals surface area contributed by atoms with Crippen molar-refractivity contribution in [2.45, 2.75) is 19.6 Å². The van der Waals surface area contributed by atoms with Crippen LogP contribution in [0.15, 0.2) is 90.8 Å². The lowest BCUT2D eigenvalue weighted by atomic mass is 9.92. The summed E-state index contributed by atoms with van der Waals surface area (Å²) >= 11 is 0. The summed E-state index contributed by atoms with van der Waals surface area (Å²) in [5.41, 5.74) is 3.73. The van der Waals surface area contributed by atoms with Crippen LogP contribution in [0, 0.1) is 0 Å². The fourth-order valence-electron chi connectivity index (χ4n) is 4.24. The van der Waals surface area contributed by atoms with Crippen molar-refractivity contribution >= 4 is 17.6 Å². The molecular weight excluding hydrogens is 456 g/mol. The Hall–Kier alpha value is -4.59. The summed E-state index contributed by atoms with van der Waals surface area (Å²) in [4.78, 5) is 17.7. The van der Waals surface area contributed by atoms with Crippen LogP contribution >= 0.6 is 0 Å². The molecule has 5 rings (SSSR count). The number of ether oxygens (including phenoxy) is 3. The van der Waals surface area contributed by atoms with Gasteiger partial charge in [-0.2, -0.15) is 10.1 Å². The molecule has 4 aromatic rings. The van der Waals surface area contributed by atoms with Crippen molar-refractivity contribution in [3.05, 3.63) is 107 Å². The van der Waals surface area contributed by atoms with Gasteiger partial charge in [-0.25, -0.2) is 9.48 Å². The molecule has 3 aromatic carbocycles. The second-order valence-electron chi connectivity index (χ2n) is 8.12. The van der Waals surface area contributed by atoms with E-state index < -0.39 is 12.0 Å². The molecule has 2 heterocycles. The average molecular weight is 483 g/mol. The number of anilines is 1. The molecule has 0 saturated carbocycles. The number of carbonyl (C=O) groups is 1. The Balaban J connectivity index is 1.59. The van der Waals surface area contributed by atoms with E-state index in [0.29, 0.717) is 35.3 Å². The van der Waals surface area contributed by atoms with E-state index in [-0.39, 0.29) is 6.61 Å². The first kappa shape index (κ1) is 23.2. The number of carbonyl (C=O) groups excluding carboxylic acids is 1. The molecule has 0 spiro atoms. The van der Waals surface area contributed by atoms with Crippen molar-refractivity contribution in [3.63, 3.8) is 0 Å². The Morgan fingerprint density at radius 1 is 1.00 bits per heavy atom. The van der Waals surface area contributed by atoms with Crippen LogP contribution in [0.3, 0.4) is 0 Å². The first-order valence-corrected chi connectivity index (χ1v) is 11.7. The van der Waals surface area contributed by atoms with Crippen molar-refractivity contribution in [2.24, 2.45) is 0 Å². The number of methoxy groups -OCH3 is 1. The second kappa shape index (κ2) is 10.4. The molecule has 0 radical (unpaired) electrons. The smallest absolute Gasteiger partial charge is 0.338 e. The molecule has 0 aliphatic carbocycles. The first-order valence-electron chi connectivity index (χ1n) is 11.7. The molecule has 0 saturated heterocycles. The van der Waals surface area contributed by atoms with Crippen LogP contribution in [0.4, 0.5) is 5.95 Å². The van der Waals surface area contributed by atoms with Crippen LogP contribution in [-0.2, 0) is 16.1 Å². The van der Waals surface area contributed by atoms with Gasteiger partial charge in [-0.3, -0.25) is 0 Å². The molecule has 1 aliphatic rings. The molecule has 1 N–H and O–H groups in total. The SMILES string of the molecule is CCOC(=O)C1=C(c2ccccc2)Nc2ncnn2[C@@H]1c1ccc(OCc2ccccc2)c(OC)c1. The molecule has 0 amide bonds. The van der Waals surface area contributed by atoms with E-state index in [4.69, 9.17) is 14.2 Å². The lowest BCUT2D eigenvalue weighted by Gasteiger charge is -2.30. The molecule has 36 heavy (non-hydrogen) atoms. The zero-order valence-corrected chi connectivity index (χ0v) is 20.0. The molecule has 8 nitrogen and oxygen atoms in total. The Bertz CT molecular complexity index is 1380. The number of nitrogens with one attached hydrogen (secondary N) is 1. The molecule has 182 valence electrons. The van der Waals surface area contributed by atoms with E-state index in [1.165, 1.54) is 6.33 Å². The van der Waals surface area contributed by atoms with Crippen molar-refractivity contribution in [1.82, 2.24) is 14.8 Å². The summed E-state index contributed by atoms with van der Waals surface area (Å²) in [6.07, 6.45) is 1.46. The van der Waals surface area contributed by atoms with E-state index in [1.54, 1.807) is 18.7 Å². The standard InChI is InChI=1S/C28H26N4O4/c1-3-35-27(33)24-25(20-12-8-5-9-13-20)31-28-29-18-30-32(28)26(24)21-14-15-22(23(16-21)34-2)36-17-19-10-6-4-7-11-19/h4-16,18,26H,3,17H2,1-2H3,(H,29,30,31)/t26-/m1/s1. The van der Waals surface area contributed by atoms with E-state index in [2.05, 4.69) is 15.4 Å². The predicted molar refractivity (Wildman–Crippen MR) is 136 cm³/mol. The maximum Gasteiger partial charge on any atom is 0.338 e. The van der Waals surface area contributed by atoms with Crippen LogP contribution in [0.5, 0.6) is 11.5 Å². The highest BCUT2D eigenvalue weighted by molar-refractivity contribution is 6.02. The number of aromatic nitrogens is 3. The summed E-state index contributed by atoms with van der Waals surface area (Å²) < 4.78 is 18.9. The number of rotatable bonds is 8. The van der Waals surface area contributed by atoms with E-state index in [9.17, 15) is 4.79 Å². The molecule has 0 fully saturated rings. The number of benzene rings is 3. The first-order chi connectivity index (χ1) is 17.7. The topological polar surface area (TPSA) is 87.5 Å². The highest BCUT2D eigenvalue weighted by Gasteiger charge is 2.36. The fraction of sp³-hybridized carbons (Fsp3) is 0.179. The van der Waals surface area contributed by atoms with Gasteiger partial charge in [0.1, 0.15) is 19.0 Å². The Morgan fingerprint density at radius 2 is 1.75 bits per heavy atom. The second-order valence-corrected chi connectivity index (χ2v) is 8.12. The minimum absolute atomic E-state index is 0.247. The van der Waals surface area contributed by atoms with Gasteiger partial charge in [0.15, 0.2) is 11.5 Å². The van der Waals surface area contributed by atoms with Gasteiger partial charge < -0.3 is 19.5 Å². The molecule has 0 bridgehead atoms. The molecular formula is C28H26N4O4. The lowest BCUT2D eigenvalue weighted by molar-refractivity contribution is -0.138. The third-order valence-electron chi connectivity index (χ3n) is 5.90. The van der Waals surface area contributed by atoms with Gasteiger partial charge in [0.2, 0.25) is 5.95 Å². The summed E-state index contributed by atoms with van der Waals surface area (Å²) in [6.45, 7) is 2.44. The van der Waals surface area contributed by atoms with Gasteiger partial charge in [0, 0.05) is 0 Å². The van der Waals surface area contributed by atoms with Gasteiger partial charge in [-0.05, 0) is 35.7 Å². The van der Waals surface area contributed by atoms with Crippen LogP contribution < -0.4 is 14.8 Å². The van der Waals surface area contributed by atoms with Crippen LogP contribution in [-0.4, -0.2) is 34.5 Å². The Morgan fingerprint density at radius 3 is 2.47 bits per heavy atom. The third kappa shape index (κ3) is 4.53. The predicted octanol–water partition coefficient (Wildman–Crippen LogP) is 4.86. The summed E-state index contributed by atoms with van der Waals surface area (Å²) in [7, 11) is 1.59. The Kier molecular flexibility index (Phi) is 6.66. The fourth-order valence-corrected chi connectivity index (χ4v) is 4.24. The van der Waals surface area contributed by atoms with Crippen LogP contribution in [0.2, 0.25) is 0 Å². The number of hydrogen-bond acceptors (Lipinski definition) is 7. The minimum Gasteiger partial charge on any atom is -0.493 e. The van der Waals surface area contributed by atoms with E-state index >= 15 is 0 Å². The third-order valence-corrected chi connectivity index (χ3v) is 5.90. The largest absolute Gasteiger partial charge is 0.493 e. The maximum atomic E-state index is 13.3. The summed E-state index contributed by atoms with van der Waals surface area (Å²) in [5.74, 6) is 1.24. The zero-order chi connectivity index (χ0) is 24.9. The van der Waals surface area contributed by atoms with Crippen molar-refractivity contribution < 1.29 is 19.0 Å². The summed E-state index contributed by atoms with van der Waals surface area (Å²) in [6, 6.07) is 24.6. The van der Waals surface area contributed by atoms with Gasteiger partial charge in [0.25, 0.3) is 0 Å². The molecule has 1 atom stereocenters. The van der Waals surface area contributed by atoms with Crippen LogP contribution in [0.25, 0.3) is 5.70 Å². The van der Waals surface area contributed by atoms with Crippen molar-refractivity contribution in [2.75, 3.05) is 19.0 Å². The highest BCUT2D eigenvalue weighted by atomic mass is 16.5.